The first-order valence-corrected chi connectivity index (χ1v) is 8.50. The Bertz CT molecular complexity index is 1160. The van der Waals surface area contributed by atoms with Gasteiger partial charge < -0.3 is 26.2 Å². The van der Waals surface area contributed by atoms with Crippen LogP contribution in [0.5, 0.6) is 0 Å². The molecule has 3 rings (SSSR count). The lowest BCUT2D eigenvalue weighted by molar-refractivity contribution is 0.101. The van der Waals surface area contributed by atoms with E-state index in [0.29, 0.717) is 11.8 Å². The van der Waals surface area contributed by atoms with Gasteiger partial charge in [0, 0.05) is 35.8 Å². The Kier molecular flexibility index (Phi) is 5.58. The van der Waals surface area contributed by atoms with E-state index in [0.717, 1.165) is 18.2 Å². The molecule has 0 radical (unpaired) electrons. The maximum Gasteiger partial charge on any atom is 0.261 e. The minimum Gasteiger partial charge on any atom is -0.472 e. The lowest BCUT2D eigenvalue weighted by atomic mass is 10.0. The maximum absolute atomic E-state index is 14.6. The first-order valence-electron chi connectivity index (χ1n) is 8.50. The third-order valence-corrected chi connectivity index (χ3v) is 4.36. The SMILES string of the molecule is CNc1cc(F)c(C(=O)Nc2cc(C(=N)c3ccoc3)c(N)cc2F)c(F)c1C=N. The fourth-order valence-electron chi connectivity index (χ4n) is 2.84. The minimum absolute atomic E-state index is 0.0222. The molecule has 1 aromatic heterocycles. The van der Waals surface area contributed by atoms with Gasteiger partial charge >= 0.3 is 0 Å². The summed E-state index contributed by atoms with van der Waals surface area (Å²) in [5.41, 5.74) is 4.30. The maximum atomic E-state index is 14.6. The van der Waals surface area contributed by atoms with Gasteiger partial charge in [0.1, 0.15) is 23.0 Å². The molecule has 7 nitrogen and oxygen atoms in total. The summed E-state index contributed by atoms with van der Waals surface area (Å²) >= 11 is 0. The summed E-state index contributed by atoms with van der Waals surface area (Å²) in [7, 11) is 1.40. The van der Waals surface area contributed by atoms with Crippen molar-refractivity contribution in [3.63, 3.8) is 0 Å². The summed E-state index contributed by atoms with van der Waals surface area (Å²) < 4.78 is 48.3. The molecular weight excluding hydrogens is 399 g/mol. The van der Waals surface area contributed by atoms with Crippen LogP contribution in [-0.4, -0.2) is 24.9 Å². The Hall–Kier alpha value is -4.08. The van der Waals surface area contributed by atoms with E-state index in [2.05, 4.69) is 10.6 Å². The molecule has 1 heterocycles. The van der Waals surface area contributed by atoms with Crippen LogP contribution < -0.4 is 16.4 Å². The Balaban J connectivity index is 2.01. The number of hydrogen-bond donors (Lipinski definition) is 5. The van der Waals surface area contributed by atoms with Crippen molar-refractivity contribution in [3.05, 3.63) is 76.5 Å². The summed E-state index contributed by atoms with van der Waals surface area (Å²) in [6, 6.07) is 4.33. The van der Waals surface area contributed by atoms with Gasteiger partial charge in [-0.2, -0.15) is 0 Å². The number of rotatable bonds is 6. The van der Waals surface area contributed by atoms with Gasteiger partial charge in [-0.3, -0.25) is 10.2 Å². The van der Waals surface area contributed by atoms with Crippen molar-refractivity contribution < 1.29 is 22.4 Å². The number of nitrogen functional groups attached to an aromatic ring is 1. The molecule has 0 aliphatic carbocycles. The van der Waals surface area contributed by atoms with Crippen LogP contribution in [-0.2, 0) is 0 Å². The van der Waals surface area contributed by atoms with E-state index in [1.807, 2.05) is 0 Å². The minimum atomic E-state index is -1.27. The summed E-state index contributed by atoms with van der Waals surface area (Å²) in [5, 5.41) is 20.1. The van der Waals surface area contributed by atoms with Gasteiger partial charge in [-0.05, 0) is 24.3 Å². The van der Waals surface area contributed by atoms with Crippen molar-refractivity contribution in [2.45, 2.75) is 0 Å². The molecule has 154 valence electrons. The molecule has 0 bridgehead atoms. The second-order valence-corrected chi connectivity index (χ2v) is 6.16. The molecule has 0 aliphatic heterocycles. The number of carbonyl (C=O) groups excluding carboxylic acids is 1. The normalized spacial score (nSPS) is 10.5. The predicted octanol–water partition coefficient (Wildman–Crippen LogP) is 3.99. The van der Waals surface area contributed by atoms with Crippen LogP contribution in [0, 0.1) is 28.3 Å². The van der Waals surface area contributed by atoms with E-state index < -0.39 is 34.6 Å². The fraction of sp³-hybridized carbons (Fsp3) is 0.0500. The zero-order chi connectivity index (χ0) is 22.0. The fourth-order valence-corrected chi connectivity index (χ4v) is 2.84. The van der Waals surface area contributed by atoms with E-state index in [1.165, 1.54) is 25.6 Å². The quantitative estimate of drug-likeness (QED) is 0.308. The van der Waals surface area contributed by atoms with Crippen LogP contribution in [0.4, 0.5) is 30.2 Å². The molecule has 0 saturated heterocycles. The zero-order valence-electron chi connectivity index (χ0n) is 15.6. The number of carbonyl (C=O) groups is 1. The standard InChI is InChI=1S/C20H16F3N5O2/c1-27-15-6-13(22)17(18(23)11(15)7-24)20(29)28-16-4-10(14(25)5-12(16)21)19(26)9-2-3-30-8-9/h2-8,24,26-27H,25H2,1H3,(H,28,29). The number of hydrogen-bond acceptors (Lipinski definition) is 6. The highest BCUT2D eigenvalue weighted by Crippen LogP contribution is 2.28. The third kappa shape index (κ3) is 3.62. The van der Waals surface area contributed by atoms with Crippen LogP contribution in [0.3, 0.4) is 0 Å². The highest BCUT2D eigenvalue weighted by atomic mass is 19.1. The zero-order valence-corrected chi connectivity index (χ0v) is 15.6. The molecule has 6 N–H and O–H groups in total. The lowest BCUT2D eigenvalue weighted by Crippen LogP contribution is -2.19. The van der Waals surface area contributed by atoms with Crippen LogP contribution in [0.2, 0.25) is 0 Å². The van der Waals surface area contributed by atoms with Crippen LogP contribution >= 0.6 is 0 Å². The molecule has 3 aromatic rings. The first kappa shape index (κ1) is 20.6. The molecule has 0 atom stereocenters. The second-order valence-electron chi connectivity index (χ2n) is 6.16. The molecule has 0 unspecified atom stereocenters. The number of amides is 1. The van der Waals surface area contributed by atoms with Crippen molar-refractivity contribution in [3.8, 4) is 0 Å². The molecular formula is C20H16F3N5O2. The van der Waals surface area contributed by atoms with Gasteiger partial charge in [-0.1, -0.05) is 0 Å². The molecule has 0 fully saturated rings. The van der Waals surface area contributed by atoms with E-state index in [1.54, 1.807) is 0 Å². The summed E-state index contributed by atoms with van der Waals surface area (Å²) in [6.07, 6.45) is 3.26. The largest absolute Gasteiger partial charge is 0.472 e. The summed E-state index contributed by atoms with van der Waals surface area (Å²) in [4.78, 5) is 12.5. The van der Waals surface area contributed by atoms with Gasteiger partial charge in [0.15, 0.2) is 0 Å². The van der Waals surface area contributed by atoms with Crippen molar-refractivity contribution in [1.82, 2.24) is 0 Å². The Morgan fingerprint density at radius 1 is 1.17 bits per heavy atom. The number of nitrogens with two attached hydrogens (primary N) is 1. The van der Waals surface area contributed by atoms with Crippen molar-refractivity contribution in [2.24, 2.45) is 0 Å². The molecule has 0 saturated carbocycles. The number of benzene rings is 2. The highest BCUT2D eigenvalue weighted by molar-refractivity contribution is 6.15. The van der Waals surface area contributed by atoms with Crippen LogP contribution in [0.15, 0.2) is 41.2 Å². The van der Waals surface area contributed by atoms with E-state index in [-0.39, 0.29) is 28.2 Å². The molecule has 30 heavy (non-hydrogen) atoms. The topological polar surface area (TPSA) is 128 Å². The Morgan fingerprint density at radius 3 is 2.50 bits per heavy atom. The second kappa shape index (κ2) is 8.11. The van der Waals surface area contributed by atoms with E-state index >= 15 is 0 Å². The van der Waals surface area contributed by atoms with Gasteiger partial charge in [-0.25, -0.2) is 13.2 Å². The number of furan rings is 1. The Labute approximate surface area is 168 Å². The average molecular weight is 415 g/mol. The summed E-state index contributed by atoms with van der Waals surface area (Å²) in [6.45, 7) is 0. The monoisotopic (exact) mass is 415 g/mol. The van der Waals surface area contributed by atoms with Crippen LogP contribution in [0.25, 0.3) is 0 Å². The van der Waals surface area contributed by atoms with Gasteiger partial charge in [0.25, 0.3) is 5.91 Å². The van der Waals surface area contributed by atoms with Crippen molar-refractivity contribution >= 4 is 34.9 Å². The highest BCUT2D eigenvalue weighted by Gasteiger charge is 2.24. The van der Waals surface area contributed by atoms with E-state index in [4.69, 9.17) is 21.0 Å². The van der Waals surface area contributed by atoms with E-state index in [9.17, 15) is 18.0 Å². The third-order valence-electron chi connectivity index (χ3n) is 4.36. The van der Waals surface area contributed by atoms with Crippen LogP contribution in [0.1, 0.15) is 27.0 Å². The molecule has 1 amide bonds. The number of halogens is 3. The number of nitrogens with one attached hydrogen (secondary N) is 4. The lowest BCUT2D eigenvalue weighted by Gasteiger charge is -2.14. The average Bonchev–Trinajstić information content (AvgIpc) is 3.24. The van der Waals surface area contributed by atoms with Gasteiger partial charge in [0.05, 0.1) is 29.5 Å². The molecule has 0 spiro atoms. The molecule has 0 aliphatic rings. The predicted molar refractivity (Wildman–Crippen MR) is 107 cm³/mol. The van der Waals surface area contributed by atoms with Crippen molar-refractivity contribution in [2.75, 3.05) is 23.4 Å². The first-order chi connectivity index (χ1) is 14.3. The summed E-state index contributed by atoms with van der Waals surface area (Å²) in [5.74, 6) is -4.68. The van der Waals surface area contributed by atoms with Crippen molar-refractivity contribution in [1.29, 1.82) is 10.8 Å². The number of anilines is 3. The Morgan fingerprint density at radius 2 is 1.90 bits per heavy atom. The smallest absolute Gasteiger partial charge is 0.261 e. The van der Waals surface area contributed by atoms with Gasteiger partial charge in [-0.15, -0.1) is 0 Å². The molecule has 10 heteroatoms. The molecule has 2 aromatic carbocycles. The van der Waals surface area contributed by atoms with Gasteiger partial charge in [0.2, 0.25) is 0 Å².